The van der Waals surface area contributed by atoms with Crippen molar-refractivity contribution in [3.8, 4) is 11.5 Å². The van der Waals surface area contributed by atoms with E-state index in [1.165, 1.54) is 24.9 Å². The van der Waals surface area contributed by atoms with E-state index >= 15 is 0 Å². The average Bonchev–Trinajstić information content (AvgIpc) is 3.32. The van der Waals surface area contributed by atoms with Crippen LogP contribution in [0.1, 0.15) is 46.0 Å². The maximum Gasteiger partial charge on any atom is 0.416 e. The number of hydrogen-bond donors (Lipinski definition) is 1. The van der Waals surface area contributed by atoms with Crippen LogP contribution in [0, 0.1) is 0 Å². The number of carbonyl (C=O) groups excluding carboxylic acids is 2. The largest absolute Gasteiger partial charge is 0.493 e. The Balaban J connectivity index is 1.40. The van der Waals surface area contributed by atoms with Crippen molar-refractivity contribution in [1.29, 1.82) is 0 Å². The van der Waals surface area contributed by atoms with E-state index in [1.54, 1.807) is 43.3 Å². The van der Waals surface area contributed by atoms with E-state index in [0.717, 1.165) is 11.6 Å². The molecule has 0 bridgehead atoms. The summed E-state index contributed by atoms with van der Waals surface area (Å²) in [6, 6.07) is 12.6. The van der Waals surface area contributed by atoms with Crippen LogP contribution in [-0.4, -0.2) is 36.0 Å². The zero-order chi connectivity index (χ0) is 32.1. The lowest BCUT2D eigenvalue weighted by atomic mass is 10.0. The van der Waals surface area contributed by atoms with Gasteiger partial charge in [0.15, 0.2) is 16.7 Å². The molecule has 234 valence electrons. The second kappa shape index (κ2) is 13.6. The lowest BCUT2D eigenvalue weighted by Crippen LogP contribution is -2.25. The molecule has 1 aliphatic rings. The highest BCUT2D eigenvalue weighted by atomic mass is 32.2. The van der Waals surface area contributed by atoms with E-state index in [0.29, 0.717) is 35.3 Å². The van der Waals surface area contributed by atoms with E-state index in [1.807, 2.05) is 0 Å². The van der Waals surface area contributed by atoms with Crippen LogP contribution < -0.4 is 14.8 Å². The number of hydrogen-bond acceptors (Lipinski definition) is 7. The molecule has 1 saturated heterocycles. The topological polar surface area (TPSA) is 86.2 Å². The predicted octanol–water partition coefficient (Wildman–Crippen LogP) is 7.34. The lowest BCUT2D eigenvalue weighted by molar-refractivity contribution is -0.143. The van der Waals surface area contributed by atoms with E-state index in [-0.39, 0.29) is 30.1 Å². The van der Waals surface area contributed by atoms with E-state index < -0.39 is 46.9 Å². The maximum absolute atomic E-state index is 13.5. The molecule has 1 unspecified atom stereocenters. The molecule has 7 nitrogen and oxygen atoms in total. The summed E-state index contributed by atoms with van der Waals surface area (Å²) in [5.74, 6) is -0.417. The lowest BCUT2D eigenvalue weighted by Gasteiger charge is -2.17. The Morgan fingerprint density at radius 2 is 1.75 bits per heavy atom. The fraction of sp³-hybridized carbons (Fsp3) is 0.300. The Morgan fingerprint density at radius 1 is 0.977 bits per heavy atom. The molecule has 1 atom stereocenters. The first-order valence-corrected chi connectivity index (χ1v) is 14.1. The van der Waals surface area contributed by atoms with Crippen LogP contribution in [0.3, 0.4) is 0 Å². The number of amides is 1. The van der Waals surface area contributed by atoms with E-state index in [4.69, 9.17) is 14.2 Å². The highest BCUT2D eigenvalue weighted by Gasteiger charge is 2.38. The number of nitrogens with one attached hydrogen (secondary N) is 1. The fourth-order valence-corrected chi connectivity index (χ4v) is 5.25. The van der Waals surface area contributed by atoms with Gasteiger partial charge in [0.25, 0.3) is 0 Å². The number of esters is 1. The van der Waals surface area contributed by atoms with Gasteiger partial charge in [-0.25, -0.2) is 9.79 Å². The highest BCUT2D eigenvalue weighted by Crippen LogP contribution is 2.38. The first-order valence-electron chi connectivity index (χ1n) is 13.2. The molecule has 1 amide bonds. The minimum Gasteiger partial charge on any atom is -0.493 e. The number of carbonyl (C=O) groups is 2. The number of halogens is 6. The van der Waals surface area contributed by atoms with Crippen molar-refractivity contribution >= 4 is 34.5 Å². The van der Waals surface area contributed by atoms with Gasteiger partial charge in [0.2, 0.25) is 5.91 Å². The Kier molecular flexibility index (Phi) is 10.1. The molecular formula is C30H26F6N2O5S. The molecule has 3 aromatic rings. The maximum atomic E-state index is 13.5. The van der Waals surface area contributed by atoms with E-state index in [9.17, 15) is 35.9 Å². The van der Waals surface area contributed by atoms with Crippen LogP contribution in [0.4, 0.5) is 32.0 Å². The number of rotatable bonds is 10. The van der Waals surface area contributed by atoms with Crippen molar-refractivity contribution in [2.24, 2.45) is 4.99 Å². The van der Waals surface area contributed by atoms with Gasteiger partial charge in [-0.15, -0.1) is 0 Å². The van der Waals surface area contributed by atoms with Gasteiger partial charge < -0.3 is 19.5 Å². The number of amidine groups is 1. The third kappa shape index (κ3) is 8.24. The summed E-state index contributed by atoms with van der Waals surface area (Å²) in [4.78, 5) is 28.9. The van der Waals surface area contributed by atoms with Crippen LogP contribution >= 0.6 is 11.8 Å². The summed E-state index contributed by atoms with van der Waals surface area (Å²) < 4.78 is 95.2. The molecule has 1 heterocycles. The highest BCUT2D eigenvalue weighted by molar-refractivity contribution is 8.15. The molecule has 0 aromatic heterocycles. The summed E-state index contributed by atoms with van der Waals surface area (Å²) in [5, 5.41) is 2.65. The van der Waals surface area contributed by atoms with Gasteiger partial charge >= 0.3 is 18.3 Å². The third-order valence-corrected chi connectivity index (χ3v) is 7.56. The summed E-state index contributed by atoms with van der Waals surface area (Å²) in [7, 11) is 1.34. The minimum atomic E-state index is -5.02. The Hall–Kier alpha value is -4.20. The summed E-state index contributed by atoms with van der Waals surface area (Å²) in [6.45, 7) is 1.29. The monoisotopic (exact) mass is 640 g/mol. The van der Waals surface area contributed by atoms with E-state index in [2.05, 4.69) is 10.3 Å². The Labute approximate surface area is 252 Å². The smallest absolute Gasteiger partial charge is 0.416 e. The van der Waals surface area contributed by atoms with Gasteiger partial charge in [0.1, 0.15) is 6.61 Å². The minimum absolute atomic E-state index is 0.0624. The molecule has 1 fully saturated rings. The first-order chi connectivity index (χ1) is 20.8. The van der Waals surface area contributed by atoms with Gasteiger partial charge in [-0.05, 0) is 67.8 Å². The van der Waals surface area contributed by atoms with Crippen LogP contribution in [0.15, 0.2) is 65.7 Å². The van der Waals surface area contributed by atoms with Crippen molar-refractivity contribution in [3.05, 3.63) is 88.5 Å². The molecule has 1 N–H and O–H groups in total. The molecular weight excluding hydrogens is 614 g/mol. The van der Waals surface area contributed by atoms with Crippen molar-refractivity contribution in [2.45, 2.75) is 44.0 Å². The number of thioether (sulfide) groups is 1. The Bertz CT molecular complexity index is 1560. The molecule has 3 aromatic carbocycles. The number of aliphatic imine (C=N–C) groups is 1. The van der Waals surface area contributed by atoms with Crippen molar-refractivity contribution in [1.82, 2.24) is 5.32 Å². The molecule has 1 aliphatic heterocycles. The number of ether oxygens (including phenoxy) is 3. The normalized spacial score (nSPS) is 16.1. The second-order valence-electron chi connectivity index (χ2n) is 9.46. The third-order valence-electron chi connectivity index (χ3n) is 6.41. The van der Waals surface area contributed by atoms with Crippen molar-refractivity contribution in [3.63, 3.8) is 0 Å². The van der Waals surface area contributed by atoms with Gasteiger partial charge in [0, 0.05) is 5.56 Å². The van der Waals surface area contributed by atoms with Gasteiger partial charge in [0.05, 0.1) is 41.3 Å². The molecule has 14 heteroatoms. The van der Waals surface area contributed by atoms with Crippen LogP contribution in [0.5, 0.6) is 11.5 Å². The van der Waals surface area contributed by atoms with Crippen LogP contribution in [0.2, 0.25) is 0 Å². The molecule has 0 aliphatic carbocycles. The average molecular weight is 641 g/mol. The van der Waals surface area contributed by atoms with Gasteiger partial charge in [-0.2, -0.15) is 26.3 Å². The summed E-state index contributed by atoms with van der Waals surface area (Å²) in [6.07, 6.45) is -9.09. The molecule has 0 spiro atoms. The standard InChI is InChI=1S/C30H26F6N2O5S/c1-3-42-27(40)18-5-4-6-21(14-18)37-28-38-26(39)25(44-28)12-8-17-7-11-23(24(13-17)41-2)43-16-19-9-10-20(29(31,32)33)15-22(19)30(34,35)36/h4-7,9-11,13-15,25H,3,8,12,16H2,1-2H3,(H,37,38,39). The summed E-state index contributed by atoms with van der Waals surface area (Å²) in [5.41, 5.74) is -1.76. The second-order valence-corrected chi connectivity index (χ2v) is 10.7. The van der Waals surface area contributed by atoms with Crippen LogP contribution in [0.25, 0.3) is 0 Å². The number of alkyl halides is 6. The van der Waals surface area contributed by atoms with Crippen LogP contribution in [-0.2, 0) is 34.9 Å². The fourth-order valence-electron chi connectivity index (χ4n) is 4.26. The number of nitrogens with zero attached hydrogens (tertiary/aromatic N) is 1. The van der Waals surface area contributed by atoms with Crippen molar-refractivity contribution in [2.75, 3.05) is 13.7 Å². The van der Waals surface area contributed by atoms with Gasteiger partial charge in [-0.3, -0.25) is 4.79 Å². The number of benzene rings is 3. The zero-order valence-corrected chi connectivity index (χ0v) is 24.2. The molecule has 44 heavy (non-hydrogen) atoms. The number of methoxy groups -OCH3 is 1. The summed E-state index contributed by atoms with van der Waals surface area (Å²) >= 11 is 1.24. The first kappa shape index (κ1) is 32.7. The number of aryl methyl sites for hydroxylation is 1. The quantitative estimate of drug-likeness (QED) is 0.184. The van der Waals surface area contributed by atoms with Gasteiger partial charge in [-0.1, -0.05) is 30.0 Å². The molecule has 4 rings (SSSR count). The SMILES string of the molecule is CCOC(=O)c1cccc(N=C2NC(=O)C(CCc3ccc(OCc4ccc(C(F)(F)F)cc4C(F)(F)F)c(OC)c3)S2)c1. The Morgan fingerprint density at radius 3 is 2.43 bits per heavy atom. The zero-order valence-electron chi connectivity index (χ0n) is 23.3. The molecule has 0 saturated carbocycles. The molecule has 0 radical (unpaired) electrons. The predicted molar refractivity (Wildman–Crippen MR) is 151 cm³/mol. The van der Waals surface area contributed by atoms with Crippen molar-refractivity contribution < 1.29 is 50.1 Å².